The Bertz CT molecular complexity index is 695. The van der Waals surface area contributed by atoms with Crippen molar-refractivity contribution >= 4 is 0 Å². The third-order valence-electron chi connectivity index (χ3n) is 3.33. The van der Waals surface area contributed by atoms with Gasteiger partial charge in [0, 0.05) is 0 Å². The highest BCUT2D eigenvalue weighted by molar-refractivity contribution is 5.70. The third kappa shape index (κ3) is 3.26. The largest absolute Gasteiger partial charge is 0.417 e. The minimum Gasteiger partial charge on any atom is -0.166 e. The van der Waals surface area contributed by atoms with E-state index in [0.717, 1.165) is 12.1 Å². The van der Waals surface area contributed by atoms with Gasteiger partial charge in [0.25, 0.3) is 0 Å². The molecule has 0 N–H and O–H groups in total. The lowest BCUT2D eigenvalue weighted by molar-refractivity contribution is -0.138. The fourth-order valence-corrected chi connectivity index (χ4v) is 2.24. The third-order valence-corrected chi connectivity index (χ3v) is 3.33. The molecule has 2 aromatic carbocycles. The van der Waals surface area contributed by atoms with Gasteiger partial charge in [0.1, 0.15) is 0 Å². The molecule has 0 aromatic heterocycles. The minimum absolute atomic E-state index is 0.0306. The Morgan fingerprint density at radius 1 is 0.682 bits per heavy atom. The molecule has 0 saturated carbocycles. The van der Waals surface area contributed by atoms with E-state index in [1.54, 1.807) is 0 Å². The monoisotopic (exact) mass is 318 g/mol. The molecule has 0 nitrogen and oxygen atoms in total. The van der Waals surface area contributed by atoms with Crippen LogP contribution in [0, 0.1) is 13.8 Å². The van der Waals surface area contributed by atoms with Crippen molar-refractivity contribution in [3.8, 4) is 11.1 Å². The quantitative estimate of drug-likeness (QED) is 0.565. The molecule has 0 saturated heterocycles. The van der Waals surface area contributed by atoms with Crippen molar-refractivity contribution in [3.05, 3.63) is 58.7 Å². The lowest BCUT2D eigenvalue weighted by Gasteiger charge is -2.16. The number of aryl methyl sites for hydroxylation is 2. The van der Waals surface area contributed by atoms with Crippen LogP contribution in [0.5, 0.6) is 0 Å². The Balaban J connectivity index is 2.68. The summed E-state index contributed by atoms with van der Waals surface area (Å²) < 4.78 is 78.1. The van der Waals surface area contributed by atoms with E-state index < -0.39 is 23.5 Å². The summed E-state index contributed by atoms with van der Waals surface area (Å²) in [6, 6.07) is 6.78. The van der Waals surface area contributed by atoms with Crippen molar-refractivity contribution in [3.63, 3.8) is 0 Å². The second kappa shape index (κ2) is 5.34. The Kier molecular flexibility index (Phi) is 3.98. The van der Waals surface area contributed by atoms with Crippen molar-refractivity contribution < 1.29 is 26.3 Å². The van der Waals surface area contributed by atoms with Gasteiger partial charge in [-0.3, -0.25) is 0 Å². The number of alkyl halides is 6. The van der Waals surface area contributed by atoms with E-state index in [-0.39, 0.29) is 16.7 Å². The summed E-state index contributed by atoms with van der Waals surface area (Å²) in [5.74, 6) is 0. The van der Waals surface area contributed by atoms with Crippen LogP contribution in [0.3, 0.4) is 0 Å². The predicted molar refractivity (Wildman–Crippen MR) is 71.4 cm³/mol. The van der Waals surface area contributed by atoms with Gasteiger partial charge in [0.15, 0.2) is 0 Å². The van der Waals surface area contributed by atoms with Crippen molar-refractivity contribution in [1.29, 1.82) is 0 Å². The smallest absolute Gasteiger partial charge is 0.166 e. The Morgan fingerprint density at radius 3 is 1.82 bits per heavy atom. The van der Waals surface area contributed by atoms with Gasteiger partial charge in [0.2, 0.25) is 0 Å². The van der Waals surface area contributed by atoms with Gasteiger partial charge in [0.05, 0.1) is 11.1 Å². The first-order valence-electron chi connectivity index (χ1n) is 6.36. The normalized spacial score (nSPS) is 12.5. The molecule has 0 bridgehead atoms. The van der Waals surface area contributed by atoms with E-state index in [0.29, 0.717) is 5.56 Å². The Morgan fingerprint density at radius 2 is 1.27 bits per heavy atom. The molecule has 22 heavy (non-hydrogen) atoms. The Labute approximate surface area is 123 Å². The second-order valence-electron chi connectivity index (χ2n) is 5.07. The molecule has 2 aromatic rings. The summed E-state index contributed by atoms with van der Waals surface area (Å²) in [6.45, 7) is 2.77. The van der Waals surface area contributed by atoms with Crippen LogP contribution in [-0.4, -0.2) is 0 Å². The number of rotatable bonds is 1. The summed E-state index contributed by atoms with van der Waals surface area (Å²) in [7, 11) is 0. The lowest BCUT2D eigenvalue weighted by Crippen LogP contribution is -2.10. The van der Waals surface area contributed by atoms with E-state index in [1.807, 2.05) is 0 Å². The van der Waals surface area contributed by atoms with Gasteiger partial charge in [-0.05, 0) is 42.7 Å². The van der Waals surface area contributed by atoms with Crippen LogP contribution in [0.4, 0.5) is 26.3 Å². The number of hydrogen-bond donors (Lipinski definition) is 0. The predicted octanol–water partition coefficient (Wildman–Crippen LogP) is 6.01. The van der Waals surface area contributed by atoms with E-state index >= 15 is 0 Å². The van der Waals surface area contributed by atoms with E-state index in [9.17, 15) is 26.3 Å². The minimum atomic E-state index is -4.63. The summed E-state index contributed by atoms with van der Waals surface area (Å²) in [5, 5.41) is 0. The first-order chi connectivity index (χ1) is 10.00. The maximum atomic E-state index is 13.1. The summed E-state index contributed by atoms with van der Waals surface area (Å²) in [5.41, 5.74) is -1.88. The van der Waals surface area contributed by atoms with Crippen LogP contribution in [0.15, 0.2) is 36.4 Å². The number of halogens is 6. The number of benzene rings is 2. The molecule has 0 aliphatic carbocycles. The van der Waals surface area contributed by atoms with Crippen LogP contribution in [0.1, 0.15) is 22.3 Å². The summed E-state index contributed by atoms with van der Waals surface area (Å²) >= 11 is 0. The molecule has 0 radical (unpaired) electrons. The van der Waals surface area contributed by atoms with Crippen molar-refractivity contribution in [2.75, 3.05) is 0 Å². The summed E-state index contributed by atoms with van der Waals surface area (Å²) in [4.78, 5) is 0. The van der Waals surface area contributed by atoms with Crippen molar-refractivity contribution in [2.45, 2.75) is 26.2 Å². The van der Waals surface area contributed by atoms with Gasteiger partial charge < -0.3 is 0 Å². The first-order valence-corrected chi connectivity index (χ1v) is 6.36. The topological polar surface area (TPSA) is 0 Å². The maximum Gasteiger partial charge on any atom is 0.417 e. The lowest BCUT2D eigenvalue weighted by atomic mass is 9.94. The highest BCUT2D eigenvalue weighted by Gasteiger charge is 2.35. The SMILES string of the molecule is Cc1ccc(-c2ccc(C)c(C(F)(F)F)c2)c(C(F)(F)F)c1. The van der Waals surface area contributed by atoms with Gasteiger partial charge in [-0.25, -0.2) is 0 Å². The van der Waals surface area contributed by atoms with Crippen LogP contribution >= 0.6 is 0 Å². The highest BCUT2D eigenvalue weighted by Crippen LogP contribution is 2.40. The molecule has 0 atom stereocenters. The van der Waals surface area contributed by atoms with Crippen LogP contribution in [0.2, 0.25) is 0 Å². The molecule has 0 aliphatic heterocycles. The molecule has 0 spiro atoms. The van der Waals surface area contributed by atoms with E-state index in [1.165, 1.54) is 38.1 Å². The zero-order valence-corrected chi connectivity index (χ0v) is 11.7. The molecule has 0 aliphatic rings. The molecular formula is C16H12F6. The van der Waals surface area contributed by atoms with Gasteiger partial charge in [-0.2, -0.15) is 26.3 Å². The Hall–Kier alpha value is -1.98. The van der Waals surface area contributed by atoms with E-state index in [2.05, 4.69) is 0 Å². The molecule has 0 unspecified atom stereocenters. The van der Waals surface area contributed by atoms with Crippen LogP contribution in [0.25, 0.3) is 11.1 Å². The number of hydrogen-bond acceptors (Lipinski definition) is 0. The second-order valence-corrected chi connectivity index (χ2v) is 5.07. The molecular weight excluding hydrogens is 306 g/mol. The van der Waals surface area contributed by atoms with Crippen LogP contribution in [-0.2, 0) is 12.4 Å². The highest BCUT2D eigenvalue weighted by atomic mass is 19.4. The molecule has 2 rings (SSSR count). The maximum absolute atomic E-state index is 13.1. The first kappa shape index (κ1) is 16.4. The van der Waals surface area contributed by atoms with Crippen molar-refractivity contribution in [2.24, 2.45) is 0 Å². The fraction of sp³-hybridized carbons (Fsp3) is 0.250. The molecule has 0 amide bonds. The zero-order chi connectivity index (χ0) is 16.7. The summed E-state index contributed by atoms with van der Waals surface area (Å²) in [6.07, 6.45) is -9.24. The van der Waals surface area contributed by atoms with Crippen LogP contribution < -0.4 is 0 Å². The van der Waals surface area contributed by atoms with Gasteiger partial charge in [-0.1, -0.05) is 29.8 Å². The standard InChI is InChI=1S/C16H12F6/c1-9-3-6-12(14(7-9)16(20,21)22)11-5-4-10(2)13(8-11)15(17,18)19/h3-8H,1-2H3. The van der Waals surface area contributed by atoms with Crippen molar-refractivity contribution in [1.82, 2.24) is 0 Å². The van der Waals surface area contributed by atoms with Gasteiger partial charge >= 0.3 is 12.4 Å². The molecule has 6 heteroatoms. The van der Waals surface area contributed by atoms with Gasteiger partial charge in [-0.15, -0.1) is 0 Å². The average Bonchev–Trinajstić information content (AvgIpc) is 2.37. The molecule has 0 fully saturated rings. The zero-order valence-electron chi connectivity index (χ0n) is 11.7. The van der Waals surface area contributed by atoms with E-state index in [4.69, 9.17) is 0 Å². The molecule has 0 heterocycles. The molecule has 118 valence electrons. The average molecular weight is 318 g/mol. The fourth-order valence-electron chi connectivity index (χ4n) is 2.24.